The molecule has 0 aliphatic carbocycles. The van der Waals surface area contributed by atoms with Crippen molar-refractivity contribution in [1.82, 2.24) is 19.4 Å². The summed E-state index contributed by atoms with van der Waals surface area (Å²) in [5.41, 5.74) is 0.192. The molecule has 1 heterocycles. The molecule has 0 saturated carbocycles. The van der Waals surface area contributed by atoms with E-state index in [0.29, 0.717) is 38.3 Å². The third-order valence-electron chi connectivity index (χ3n) is 4.42. The number of nitrogens with one attached hydrogen (secondary N) is 1. The molecule has 1 aromatic rings. The number of hydrogen-bond acceptors (Lipinski definition) is 5. The maximum absolute atomic E-state index is 12.7. The average Bonchev–Trinajstić information content (AvgIpc) is 2.60. The molecule has 2 rings (SSSR count). The van der Waals surface area contributed by atoms with E-state index in [1.54, 1.807) is 17.0 Å². The smallest absolute Gasteiger partial charge is 0.253 e. The molecule has 156 valence electrons. The zero-order valence-corrected chi connectivity index (χ0v) is 18.0. The molecule has 1 aliphatic heterocycles. The molecular formula is C19H30N4O4S. The number of benzene rings is 1. The number of rotatable bonds is 5. The third kappa shape index (κ3) is 5.76. The predicted molar refractivity (Wildman–Crippen MR) is 108 cm³/mol. The zero-order chi connectivity index (χ0) is 21.1. The summed E-state index contributed by atoms with van der Waals surface area (Å²) < 4.78 is 25.4. The van der Waals surface area contributed by atoms with Crippen LogP contribution in [0.1, 0.15) is 31.1 Å². The quantitative estimate of drug-likeness (QED) is 0.768. The molecule has 2 amide bonds. The van der Waals surface area contributed by atoms with Crippen LogP contribution in [0.2, 0.25) is 0 Å². The summed E-state index contributed by atoms with van der Waals surface area (Å²) in [6.45, 7) is 8.44. The van der Waals surface area contributed by atoms with E-state index in [4.69, 9.17) is 0 Å². The fraction of sp³-hybridized carbons (Fsp3) is 0.579. The highest BCUT2D eigenvalue weighted by atomic mass is 32.2. The summed E-state index contributed by atoms with van der Waals surface area (Å²) in [5, 5.41) is 2.94. The molecule has 0 unspecified atom stereocenters. The summed E-state index contributed by atoms with van der Waals surface area (Å²) in [7, 11) is -0.577. The van der Waals surface area contributed by atoms with Crippen LogP contribution in [-0.4, -0.2) is 86.7 Å². The topological polar surface area (TPSA) is 90.0 Å². The Morgan fingerprint density at radius 1 is 1.04 bits per heavy atom. The Balaban J connectivity index is 1.92. The van der Waals surface area contributed by atoms with E-state index >= 15 is 0 Å². The first-order chi connectivity index (χ1) is 12.9. The van der Waals surface area contributed by atoms with Gasteiger partial charge in [-0.05, 0) is 45.0 Å². The molecule has 1 aromatic carbocycles. The van der Waals surface area contributed by atoms with Crippen molar-refractivity contribution >= 4 is 21.8 Å². The van der Waals surface area contributed by atoms with Crippen LogP contribution in [0.25, 0.3) is 0 Å². The highest BCUT2D eigenvalue weighted by Crippen LogP contribution is 2.16. The van der Waals surface area contributed by atoms with E-state index in [1.165, 1.54) is 26.2 Å². The van der Waals surface area contributed by atoms with Crippen LogP contribution < -0.4 is 5.32 Å². The molecular weight excluding hydrogens is 380 g/mol. The van der Waals surface area contributed by atoms with Crippen molar-refractivity contribution in [2.24, 2.45) is 0 Å². The van der Waals surface area contributed by atoms with Gasteiger partial charge in [0.2, 0.25) is 15.9 Å². The fourth-order valence-corrected chi connectivity index (χ4v) is 3.83. The maximum Gasteiger partial charge on any atom is 0.253 e. The molecule has 8 nitrogen and oxygen atoms in total. The first-order valence-electron chi connectivity index (χ1n) is 9.25. The number of carbonyl (C=O) groups excluding carboxylic acids is 2. The summed E-state index contributed by atoms with van der Waals surface area (Å²) in [5.74, 6) is -0.155. The van der Waals surface area contributed by atoms with Crippen molar-refractivity contribution in [1.29, 1.82) is 0 Å². The molecule has 0 atom stereocenters. The highest BCUT2D eigenvalue weighted by Gasteiger charge is 2.25. The molecule has 0 aromatic heterocycles. The second-order valence-corrected chi connectivity index (χ2v) is 10.3. The predicted octanol–water partition coefficient (Wildman–Crippen LogP) is 0.609. The Bertz CT molecular complexity index is 805. The Hall–Kier alpha value is -1.97. The molecule has 1 N–H and O–H groups in total. The van der Waals surface area contributed by atoms with Crippen LogP contribution in [0.3, 0.4) is 0 Å². The van der Waals surface area contributed by atoms with Gasteiger partial charge >= 0.3 is 0 Å². The minimum atomic E-state index is -3.51. The lowest BCUT2D eigenvalue weighted by Crippen LogP contribution is -2.52. The van der Waals surface area contributed by atoms with Gasteiger partial charge in [0, 0.05) is 51.4 Å². The second kappa shape index (κ2) is 8.59. The number of sulfonamides is 1. The summed E-state index contributed by atoms with van der Waals surface area (Å²) in [6, 6.07) is 6.00. The van der Waals surface area contributed by atoms with Crippen LogP contribution in [-0.2, 0) is 14.8 Å². The van der Waals surface area contributed by atoms with E-state index in [2.05, 4.69) is 5.32 Å². The van der Waals surface area contributed by atoms with Crippen molar-refractivity contribution in [3.63, 3.8) is 0 Å². The van der Waals surface area contributed by atoms with Crippen molar-refractivity contribution in [3.05, 3.63) is 29.8 Å². The standard InChI is InChI=1S/C19H30N4O4S/c1-19(2,3)20-17(24)14-22-10-12-23(13-11-22)18(25)15-6-8-16(9-7-15)28(26,27)21(4)5/h6-9H,10-14H2,1-5H3,(H,20,24). The Morgan fingerprint density at radius 3 is 2.04 bits per heavy atom. The molecule has 1 fully saturated rings. The van der Waals surface area contributed by atoms with Gasteiger partial charge in [-0.3, -0.25) is 14.5 Å². The molecule has 0 spiro atoms. The number of piperazine rings is 1. The number of amides is 2. The molecule has 1 saturated heterocycles. The zero-order valence-electron chi connectivity index (χ0n) is 17.2. The first-order valence-corrected chi connectivity index (χ1v) is 10.7. The average molecular weight is 411 g/mol. The molecule has 0 bridgehead atoms. The van der Waals surface area contributed by atoms with Crippen LogP contribution in [0, 0.1) is 0 Å². The lowest BCUT2D eigenvalue weighted by Gasteiger charge is -2.35. The number of nitrogens with zero attached hydrogens (tertiary/aromatic N) is 3. The van der Waals surface area contributed by atoms with Gasteiger partial charge in [-0.25, -0.2) is 12.7 Å². The summed E-state index contributed by atoms with van der Waals surface area (Å²) in [6.07, 6.45) is 0. The van der Waals surface area contributed by atoms with Crippen LogP contribution in [0.5, 0.6) is 0 Å². The van der Waals surface area contributed by atoms with E-state index < -0.39 is 10.0 Å². The lowest BCUT2D eigenvalue weighted by atomic mass is 10.1. The Labute approximate surface area is 167 Å². The van der Waals surface area contributed by atoms with Crippen molar-refractivity contribution in [3.8, 4) is 0 Å². The third-order valence-corrected chi connectivity index (χ3v) is 6.25. The normalized spacial score (nSPS) is 16.3. The van der Waals surface area contributed by atoms with Gasteiger partial charge in [-0.1, -0.05) is 0 Å². The second-order valence-electron chi connectivity index (χ2n) is 8.18. The van der Waals surface area contributed by atoms with Gasteiger partial charge in [0.05, 0.1) is 11.4 Å². The fourth-order valence-electron chi connectivity index (χ4n) is 2.93. The molecule has 28 heavy (non-hydrogen) atoms. The summed E-state index contributed by atoms with van der Waals surface area (Å²) in [4.78, 5) is 28.6. The minimum absolute atomic E-state index is 0.0232. The van der Waals surface area contributed by atoms with Crippen LogP contribution >= 0.6 is 0 Å². The van der Waals surface area contributed by atoms with E-state index in [0.717, 1.165) is 4.31 Å². The molecule has 9 heteroatoms. The monoisotopic (exact) mass is 410 g/mol. The van der Waals surface area contributed by atoms with Crippen LogP contribution in [0.15, 0.2) is 29.2 Å². The largest absolute Gasteiger partial charge is 0.350 e. The van der Waals surface area contributed by atoms with Gasteiger partial charge in [0.1, 0.15) is 0 Å². The highest BCUT2D eigenvalue weighted by molar-refractivity contribution is 7.89. The van der Waals surface area contributed by atoms with Crippen molar-refractivity contribution < 1.29 is 18.0 Å². The van der Waals surface area contributed by atoms with Gasteiger partial charge < -0.3 is 10.2 Å². The van der Waals surface area contributed by atoms with Gasteiger partial charge in [-0.15, -0.1) is 0 Å². The lowest BCUT2D eigenvalue weighted by molar-refractivity contribution is -0.124. The Kier molecular flexibility index (Phi) is 6.84. The van der Waals surface area contributed by atoms with Gasteiger partial charge in [0.15, 0.2) is 0 Å². The van der Waals surface area contributed by atoms with E-state index in [-0.39, 0.29) is 22.2 Å². The van der Waals surface area contributed by atoms with Crippen molar-refractivity contribution in [2.75, 3.05) is 46.8 Å². The van der Waals surface area contributed by atoms with E-state index in [9.17, 15) is 18.0 Å². The minimum Gasteiger partial charge on any atom is -0.350 e. The first kappa shape index (κ1) is 22.3. The number of hydrogen-bond donors (Lipinski definition) is 1. The SMILES string of the molecule is CN(C)S(=O)(=O)c1ccc(C(=O)N2CCN(CC(=O)NC(C)(C)C)CC2)cc1. The van der Waals surface area contributed by atoms with Gasteiger partial charge in [0.25, 0.3) is 5.91 Å². The Morgan fingerprint density at radius 2 is 1.57 bits per heavy atom. The number of carbonyl (C=O) groups is 2. The molecule has 1 aliphatic rings. The van der Waals surface area contributed by atoms with Gasteiger partial charge in [-0.2, -0.15) is 0 Å². The van der Waals surface area contributed by atoms with E-state index in [1.807, 2.05) is 25.7 Å². The summed E-state index contributed by atoms with van der Waals surface area (Å²) >= 11 is 0. The molecule has 0 radical (unpaired) electrons. The maximum atomic E-state index is 12.7. The van der Waals surface area contributed by atoms with Crippen LogP contribution in [0.4, 0.5) is 0 Å². The van der Waals surface area contributed by atoms with Crippen molar-refractivity contribution in [2.45, 2.75) is 31.2 Å².